The molecule has 1 aromatic rings. The molecule has 1 aliphatic rings. The maximum Gasteiger partial charge on any atom is 0.317 e. The maximum absolute atomic E-state index is 11.9. The highest BCUT2D eigenvalue weighted by Crippen LogP contribution is 2.26. The molecule has 1 aliphatic heterocycles. The molecule has 18 heavy (non-hydrogen) atoms. The summed E-state index contributed by atoms with van der Waals surface area (Å²) in [6.07, 6.45) is 5.48. The van der Waals surface area contributed by atoms with Crippen molar-refractivity contribution in [3.8, 4) is 0 Å². The summed E-state index contributed by atoms with van der Waals surface area (Å²) >= 11 is 0. The van der Waals surface area contributed by atoms with Crippen LogP contribution in [-0.2, 0) is 0 Å². The van der Waals surface area contributed by atoms with E-state index >= 15 is 0 Å². The summed E-state index contributed by atoms with van der Waals surface area (Å²) in [6, 6.07) is 2.04. The molecule has 2 rings (SSSR count). The van der Waals surface area contributed by atoms with Crippen molar-refractivity contribution in [3.05, 3.63) is 30.6 Å². The minimum absolute atomic E-state index is 0.00506. The van der Waals surface area contributed by atoms with Crippen LogP contribution in [0.1, 0.15) is 31.4 Å². The SMILES string of the molecule is C=C[C@H](C)NC(=O)N1CCC(c2ccn[nH]2)CC1. The second-order valence-corrected chi connectivity index (χ2v) is 4.75. The molecule has 1 aromatic heterocycles. The number of hydrogen-bond donors (Lipinski definition) is 2. The highest BCUT2D eigenvalue weighted by Gasteiger charge is 2.24. The third kappa shape index (κ3) is 2.91. The molecule has 5 heteroatoms. The van der Waals surface area contributed by atoms with Crippen molar-refractivity contribution < 1.29 is 4.79 Å². The van der Waals surface area contributed by atoms with Crippen LogP contribution < -0.4 is 5.32 Å². The molecule has 0 saturated carbocycles. The lowest BCUT2D eigenvalue weighted by Gasteiger charge is -2.32. The van der Waals surface area contributed by atoms with Crippen molar-refractivity contribution in [2.24, 2.45) is 0 Å². The van der Waals surface area contributed by atoms with Gasteiger partial charge in [-0.1, -0.05) is 6.08 Å². The van der Waals surface area contributed by atoms with Crippen molar-refractivity contribution in [2.75, 3.05) is 13.1 Å². The van der Waals surface area contributed by atoms with Gasteiger partial charge < -0.3 is 10.2 Å². The fourth-order valence-corrected chi connectivity index (χ4v) is 2.23. The molecule has 0 aliphatic carbocycles. The van der Waals surface area contributed by atoms with Crippen LogP contribution in [0.5, 0.6) is 0 Å². The fraction of sp³-hybridized carbons (Fsp3) is 0.538. The standard InChI is InChI=1S/C13H20N4O/c1-3-10(2)15-13(18)17-8-5-11(6-9-17)12-4-7-14-16-12/h3-4,7,10-11H,1,5-6,8-9H2,2H3,(H,14,16)(H,15,18)/t10-/m0/s1. The molecule has 1 atom stereocenters. The van der Waals surface area contributed by atoms with E-state index in [1.807, 2.05) is 17.9 Å². The quantitative estimate of drug-likeness (QED) is 0.802. The van der Waals surface area contributed by atoms with Gasteiger partial charge in [0.1, 0.15) is 0 Å². The number of hydrogen-bond acceptors (Lipinski definition) is 2. The fourth-order valence-electron chi connectivity index (χ4n) is 2.23. The van der Waals surface area contributed by atoms with E-state index in [1.54, 1.807) is 12.3 Å². The van der Waals surface area contributed by atoms with Crippen LogP contribution in [-0.4, -0.2) is 40.3 Å². The zero-order valence-electron chi connectivity index (χ0n) is 10.7. The Bertz CT molecular complexity index is 393. The number of amides is 2. The summed E-state index contributed by atoms with van der Waals surface area (Å²) in [6.45, 7) is 7.16. The largest absolute Gasteiger partial charge is 0.332 e. The monoisotopic (exact) mass is 248 g/mol. The first kappa shape index (κ1) is 12.7. The Labute approximate surface area is 107 Å². The number of urea groups is 1. The number of nitrogens with zero attached hydrogens (tertiary/aromatic N) is 2. The average molecular weight is 248 g/mol. The van der Waals surface area contributed by atoms with Crippen molar-refractivity contribution in [1.29, 1.82) is 0 Å². The molecule has 0 radical (unpaired) electrons. The smallest absolute Gasteiger partial charge is 0.317 e. The lowest BCUT2D eigenvalue weighted by Crippen LogP contribution is -2.46. The van der Waals surface area contributed by atoms with E-state index in [4.69, 9.17) is 0 Å². The van der Waals surface area contributed by atoms with Gasteiger partial charge in [0.25, 0.3) is 0 Å². The van der Waals surface area contributed by atoms with Gasteiger partial charge in [-0.05, 0) is 25.8 Å². The second kappa shape index (κ2) is 5.71. The minimum Gasteiger partial charge on any atom is -0.332 e. The van der Waals surface area contributed by atoms with Gasteiger partial charge in [-0.3, -0.25) is 5.10 Å². The van der Waals surface area contributed by atoms with Gasteiger partial charge >= 0.3 is 6.03 Å². The van der Waals surface area contributed by atoms with Crippen LogP contribution in [0, 0.1) is 0 Å². The number of aromatic amines is 1. The van der Waals surface area contributed by atoms with Crippen LogP contribution >= 0.6 is 0 Å². The molecule has 0 unspecified atom stereocenters. The predicted molar refractivity (Wildman–Crippen MR) is 70.3 cm³/mol. The third-order valence-electron chi connectivity index (χ3n) is 3.45. The molecule has 0 aromatic carbocycles. The summed E-state index contributed by atoms with van der Waals surface area (Å²) in [4.78, 5) is 13.8. The van der Waals surface area contributed by atoms with E-state index in [-0.39, 0.29) is 12.1 Å². The second-order valence-electron chi connectivity index (χ2n) is 4.75. The van der Waals surface area contributed by atoms with Gasteiger partial charge in [0.2, 0.25) is 0 Å². The van der Waals surface area contributed by atoms with Gasteiger partial charge in [0, 0.05) is 36.9 Å². The summed E-state index contributed by atoms with van der Waals surface area (Å²) < 4.78 is 0. The number of carbonyl (C=O) groups is 1. The molecule has 1 fully saturated rings. The molecule has 0 bridgehead atoms. The van der Waals surface area contributed by atoms with Crippen molar-refractivity contribution >= 4 is 6.03 Å². The zero-order valence-corrected chi connectivity index (χ0v) is 10.7. The summed E-state index contributed by atoms with van der Waals surface area (Å²) in [5.41, 5.74) is 1.18. The van der Waals surface area contributed by atoms with Crippen LogP contribution in [0.3, 0.4) is 0 Å². The number of likely N-dealkylation sites (tertiary alicyclic amines) is 1. The lowest BCUT2D eigenvalue weighted by atomic mass is 9.94. The van der Waals surface area contributed by atoms with E-state index in [1.165, 1.54) is 5.69 Å². The molecule has 98 valence electrons. The number of nitrogens with one attached hydrogen (secondary N) is 2. The van der Waals surface area contributed by atoms with Gasteiger partial charge in [-0.2, -0.15) is 5.10 Å². The predicted octanol–water partition coefficient (Wildman–Crippen LogP) is 1.87. The van der Waals surface area contributed by atoms with Crippen LogP contribution in [0.2, 0.25) is 0 Å². The van der Waals surface area contributed by atoms with Crippen LogP contribution in [0.4, 0.5) is 4.79 Å². The van der Waals surface area contributed by atoms with E-state index in [9.17, 15) is 4.79 Å². The van der Waals surface area contributed by atoms with Crippen molar-refractivity contribution in [1.82, 2.24) is 20.4 Å². The normalized spacial score (nSPS) is 18.4. The molecule has 2 heterocycles. The Balaban J connectivity index is 1.83. The van der Waals surface area contributed by atoms with E-state index in [0.29, 0.717) is 5.92 Å². The van der Waals surface area contributed by atoms with Crippen LogP contribution in [0.15, 0.2) is 24.9 Å². The van der Waals surface area contributed by atoms with Crippen molar-refractivity contribution in [2.45, 2.75) is 31.7 Å². The highest BCUT2D eigenvalue weighted by atomic mass is 16.2. The number of H-pyrrole nitrogens is 1. The lowest BCUT2D eigenvalue weighted by molar-refractivity contribution is 0.179. The third-order valence-corrected chi connectivity index (χ3v) is 3.45. The Hall–Kier alpha value is -1.78. The van der Waals surface area contributed by atoms with Crippen molar-refractivity contribution in [3.63, 3.8) is 0 Å². The molecule has 2 amide bonds. The topological polar surface area (TPSA) is 61.0 Å². The number of rotatable bonds is 3. The maximum atomic E-state index is 11.9. The molecule has 1 saturated heterocycles. The first-order chi connectivity index (χ1) is 8.70. The zero-order chi connectivity index (χ0) is 13.0. The van der Waals surface area contributed by atoms with E-state index in [0.717, 1.165) is 25.9 Å². The molecule has 5 nitrogen and oxygen atoms in total. The summed E-state index contributed by atoms with van der Waals surface area (Å²) in [5, 5.41) is 9.88. The Kier molecular flexibility index (Phi) is 4.02. The summed E-state index contributed by atoms with van der Waals surface area (Å²) in [7, 11) is 0. The number of piperidine rings is 1. The van der Waals surface area contributed by atoms with Crippen LogP contribution in [0.25, 0.3) is 0 Å². The minimum atomic E-state index is 0.00506. The molecular formula is C13H20N4O. The number of aromatic nitrogens is 2. The first-order valence-electron chi connectivity index (χ1n) is 6.38. The van der Waals surface area contributed by atoms with Gasteiger partial charge in [0.15, 0.2) is 0 Å². The summed E-state index contributed by atoms with van der Waals surface area (Å²) in [5.74, 6) is 0.494. The van der Waals surface area contributed by atoms with E-state index < -0.39 is 0 Å². The van der Waals surface area contributed by atoms with Gasteiger partial charge in [0.05, 0.1) is 0 Å². The first-order valence-corrected chi connectivity index (χ1v) is 6.38. The Morgan fingerprint density at radius 2 is 2.39 bits per heavy atom. The molecule has 0 spiro atoms. The average Bonchev–Trinajstić information content (AvgIpc) is 2.92. The van der Waals surface area contributed by atoms with Gasteiger partial charge in [-0.15, -0.1) is 6.58 Å². The van der Waals surface area contributed by atoms with Gasteiger partial charge in [-0.25, -0.2) is 4.79 Å². The Morgan fingerprint density at radius 1 is 1.67 bits per heavy atom. The molecule has 2 N–H and O–H groups in total. The number of carbonyl (C=O) groups excluding carboxylic acids is 1. The highest BCUT2D eigenvalue weighted by molar-refractivity contribution is 5.74. The molecular weight excluding hydrogens is 228 g/mol. The Morgan fingerprint density at radius 3 is 2.94 bits per heavy atom. The van der Waals surface area contributed by atoms with E-state index in [2.05, 4.69) is 22.1 Å².